The lowest BCUT2D eigenvalue weighted by molar-refractivity contribution is -0.643. The first-order chi connectivity index (χ1) is 9.42. The highest BCUT2D eigenvalue weighted by atomic mass is 32.1. The number of imidazole rings is 1. The SMILES string of the molecule is c1cc2c(cn1)-c1sc3c(nc4ccncn43)[n+]1C2. The lowest BCUT2D eigenvalue weighted by Crippen LogP contribution is -2.30. The molecule has 0 bridgehead atoms. The molecule has 0 aliphatic carbocycles. The van der Waals surface area contributed by atoms with E-state index >= 15 is 0 Å². The van der Waals surface area contributed by atoms with E-state index in [2.05, 4.69) is 20.6 Å². The first-order valence-corrected chi connectivity index (χ1v) is 6.81. The van der Waals surface area contributed by atoms with E-state index in [1.807, 2.05) is 29.2 Å². The van der Waals surface area contributed by atoms with Crippen molar-refractivity contribution in [3.05, 3.63) is 42.6 Å². The van der Waals surface area contributed by atoms with E-state index in [0.29, 0.717) is 0 Å². The minimum absolute atomic E-state index is 0.879. The maximum atomic E-state index is 4.71. The summed E-state index contributed by atoms with van der Waals surface area (Å²) >= 11 is 1.75. The zero-order valence-corrected chi connectivity index (χ0v) is 10.6. The van der Waals surface area contributed by atoms with Gasteiger partial charge in [0.2, 0.25) is 4.83 Å². The van der Waals surface area contributed by atoms with Gasteiger partial charge in [-0.25, -0.2) is 14.0 Å². The van der Waals surface area contributed by atoms with E-state index < -0.39 is 0 Å². The molecule has 5 nitrogen and oxygen atoms in total. The smallest absolute Gasteiger partial charge is 0.264 e. The van der Waals surface area contributed by atoms with Crippen LogP contribution in [0.2, 0.25) is 0 Å². The Kier molecular flexibility index (Phi) is 1.59. The molecule has 0 fully saturated rings. The highest BCUT2D eigenvalue weighted by Crippen LogP contribution is 2.34. The van der Waals surface area contributed by atoms with Crippen LogP contribution in [0.3, 0.4) is 0 Å². The third kappa shape index (κ3) is 1.09. The Labute approximate surface area is 111 Å². The summed E-state index contributed by atoms with van der Waals surface area (Å²) in [6.07, 6.45) is 7.38. The van der Waals surface area contributed by atoms with Gasteiger partial charge in [0.15, 0.2) is 5.01 Å². The Balaban J connectivity index is 1.93. The monoisotopic (exact) mass is 266 g/mol. The molecule has 5 rings (SSSR count). The van der Waals surface area contributed by atoms with Crippen LogP contribution in [-0.2, 0) is 6.54 Å². The van der Waals surface area contributed by atoms with Gasteiger partial charge >= 0.3 is 5.65 Å². The van der Waals surface area contributed by atoms with Gasteiger partial charge < -0.3 is 0 Å². The molecule has 5 heterocycles. The predicted octanol–water partition coefficient (Wildman–Crippen LogP) is 1.66. The number of hydrogen-bond donors (Lipinski definition) is 0. The van der Waals surface area contributed by atoms with E-state index in [-0.39, 0.29) is 0 Å². The molecule has 0 unspecified atom stereocenters. The van der Waals surface area contributed by atoms with Crippen LogP contribution < -0.4 is 4.57 Å². The molecule has 0 radical (unpaired) electrons. The maximum absolute atomic E-state index is 4.71. The van der Waals surface area contributed by atoms with Gasteiger partial charge in [0.05, 0.1) is 5.56 Å². The van der Waals surface area contributed by atoms with Crippen LogP contribution in [0, 0.1) is 0 Å². The Bertz CT molecular complexity index is 952. The van der Waals surface area contributed by atoms with Gasteiger partial charge in [0.25, 0.3) is 5.65 Å². The van der Waals surface area contributed by atoms with Crippen LogP contribution in [0.4, 0.5) is 0 Å². The van der Waals surface area contributed by atoms with Crippen molar-refractivity contribution in [1.29, 1.82) is 0 Å². The van der Waals surface area contributed by atoms with Crippen LogP contribution in [0.1, 0.15) is 5.56 Å². The van der Waals surface area contributed by atoms with Crippen molar-refractivity contribution in [2.24, 2.45) is 0 Å². The van der Waals surface area contributed by atoms with Gasteiger partial charge in [-0.05, 0) is 11.1 Å². The zero-order valence-electron chi connectivity index (χ0n) is 9.82. The van der Waals surface area contributed by atoms with Crippen molar-refractivity contribution in [3.8, 4) is 10.6 Å². The molecule has 0 saturated carbocycles. The lowest BCUT2D eigenvalue weighted by Gasteiger charge is -1.91. The minimum Gasteiger partial charge on any atom is -0.264 e. The molecule has 0 atom stereocenters. The van der Waals surface area contributed by atoms with E-state index in [0.717, 1.165) is 22.7 Å². The molecule has 6 heteroatoms. The molecule has 0 spiro atoms. The summed E-state index contributed by atoms with van der Waals surface area (Å²) in [6, 6.07) is 4.02. The number of nitrogens with zero attached hydrogens (tertiary/aromatic N) is 5. The van der Waals surface area contributed by atoms with Crippen molar-refractivity contribution in [2.45, 2.75) is 6.54 Å². The highest BCUT2D eigenvalue weighted by Gasteiger charge is 2.32. The molecule has 19 heavy (non-hydrogen) atoms. The number of rotatable bonds is 0. The number of hydrogen-bond acceptors (Lipinski definition) is 4. The molecule has 1 aliphatic heterocycles. The van der Waals surface area contributed by atoms with E-state index in [4.69, 9.17) is 4.98 Å². The normalized spacial score (nSPS) is 13.1. The molecule has 4 aromatic rings. The fourth-order valence-corrected chi connectivity index (χ4v) is 3.87. The minimum atomic E-state index is 0.879. The number of pyridine rings is 1. The summed E-state index contributed by atoms with van der Waals surface area (Å²) in [4.78, 5) is 14.2. The predicted molar refractivity (Wildman–Crippen MR) is 70.9 cm³/mol. The Hall–Kier alpha value is -2.34. The van der Waals surface area contributed by atoms with Crippen LogP contribution in [0.5, 0.6) is 0 Å². The van der Waals surface area contributed by atoms with Crippen molar-refractivity contribution in [1.82, 2.24) is 19.4 Å². The van der Waals surface area contributed by atoms with Gasteiger partial charge in [-0.1, -0.05) is 11.3 Å². The summed E-state index contributed by atoms with van der Waals surface area (Å²) in [5, 5.41) is 1.24. The summed E-state index contributed by atoms with van der Waals surface area (Å²) in [7, 11) is 0. The summed E-state index contributed by atoms with van der Waals surface area (Å²) in [6.45, 7) is 0.879. The first-order valence-electron chi connectivity index (χ1n) is 5.99. The van der Waals surface area contributed by atoms with Gasteiger partial charge in [0, 0.05) is 30.2 Å². The Morgan fingerprint density at radius 3 is 3.16 bits per heavy atom. The number of fused-ring (bicyclic) bond motifs is 7. The molecule has 4 aromatic heterocycles. The second-order valence-corrected chi connectivity index (χ2v) is 5.55. The molecule has 1 aliphatic rings. The average Bonchev–Trinajstić information content (AvgIpc) is 3.07. The summed E-state index contributed by atoms with van der Waals surface area (Å²) in [5.41, 5.74) is 4.52. The first kappa shape index (κ1) is 9.57. The summed E-state index contributed by atoms with van der Waals surface area (Å²) in [5.74, 6) is 0. The van der Waals surface area contributed by atoms with Crippen molar-refractivity contribution in [3.63, 3.8) is 0 Å². The molecular formula is C13H8N5S+. The molecule has 0 aromatic carbocycles. The summed E-state index contributed by atoms with van der Waals surface area (Å²) < 4.78 is 4.31. The average molecular weight is 266 g/mol. The van der Waals surface area contributed by atoms with Crippen LogP contribution in [0.25, 0.3) is 26.7 Å². The molecule has 0 amide bonds. The number of thiazole rings is 1. The second kappa shape index (κ2) is 3.16. The van der Waals surface area contributed by atoms with Crippen LogP contribution in [-0.4, -0.2) is 19.4 Å². The van der Waals surface area contributed by atoms with Gasteiger partial charge in [-0.15, -0.1) is 0 Å². The second-order valence-electron chi connectivity index (χ2n) is 4.58. The Morgan fingerprint density at radius 2 is 2.16 bits per heavy atom. The van der Waals surface area contributed by atoms with Crippen molar-refractivity contribution < 1.29 is 4.57 Å². The van der Waals surface area contributed by atoms with E-state index in [1.165, 1.54) is 16.1 Å². The molecular weight excluding hydrogens is 258 g/mol. The van der Waals surface area contributed by atoms with E-state index in [1.54, 1.807) is 17.5 Å². The lowest BCUT2D eigenvalue weighted by atomic mass is 10.2. The third-order valence-corrected chi connectivity index (χ3v) is 4.74. The van der Waals surface area contributed by atoms with Crippen LogP contribution >= 0.6 is 11.3 Å². The third-order valence-electron chi connectivity index (χ3n) is 3.53. The fourth-order valence-electron chi connectivity index (χ4n) is 2.65. The topological polar surface area (TPSA) is 47.0 Å². The van der Waals surface area contributed by atoms with Crippen molar-refractivity contribution in [2.75, 3.05) is 0 Å². The van der Waals surface area contributed by atoms with Crippen molar-refractivity contribution >= 4 is 27.5 Å². The fraction of sp³-hybridized carbons (Fsp3) is 0.0769. The highest BCUT2D eigenvalue weighted by molar-refractivity contribution is 7.20. The van der Waals surface area contributed by atoms with Gasteiger partial charge in [-0.3, -0.25) is 4.98 Å². The molecule has 0 N–H and O–H groups in total. The largest absolute Gasteiger partial charge is 0.362 e. The maximum Gasteiger partial charge on any atom is 0.362 e. The molecule has 0 saturated heterocycles. The standard InChI is InChI=1S/C13H8N5S/c1-3-14-5-9-8(1)6-17-11-13(19-12(9)17)18-7-15-4-2-10(18)16-11/h1-5,7H,6H2/q+1. The van der Waals surface area contributed by atoms with Crippen LogP contribution in [0.15, 0.2) is 37.1 Å². The quantitative estimate of drug-likeness (QED) is 0.400. The molecule has 90 valence electrons. The Morgan fingerprint density at radius 1 is 1.21 bits per heavy atom. The zero-order chi connectivity index (χ0) is 12.4. The number of aromatic nitrogens is 5. The van der Waals surface area contributed by atoms with Gasteiger partial charge in [0.1, 0.15) is 12.9 Å². The van der Waals surface area contributed by atoms with Gasteiger partial charge in [-0.2, -0.15) is 0 Å². The van der Waals surface area contributed by atoms with E-state index in [9.17, 15) is 0 Å².